The van der Waals surface area contributed by atoms with E-state index in [2.05, 4.69) is 4.52 Å². The van der Waals surface area contributed by atoms with Crippen molar-refractivity contribution in [2.75, 3.05) is 7.11 Å². The zero-order valence-electron chi connectivity index (χ0n) is 7.41. The van der Waals surface area contributed by atoms with Crippen LogP contribution in [0.1, 0.15) is 0 Å². The summed E-state index contributed by atoms with van der Waals surface area (Å²) < 4.78 is 24.0. The van der Waals surface area contributed by atoms with Crippen LogP contribution in [0.3, 0.4) is 0 Å². The second kappa shape index (κ2) is 7.52. The molecule has 0 aromatic carbocycles. The molecule has 3 atom stereocenters. The largest absolute Gasteiger partial charge is 1.00 e. The van der Waals surface area contributed by atoms with Gasteiger partial charge >= 0.3 is 59.1 Å². The first-order valence-electron chi connectivity index (χ1n) is 2.30. The first-order chi connectivity index (χ1) is 4.72. The summed E-state index contributed by atoms with van der Waals surface area (Å²) in [6.45, 7) is 0. The Morgan fingerprint density at radius 3 is 1.69 bits per heavy atom. The molecule has 11 heteroatoms. The van der Waals surface area contributed by atoms with E-state index in [1.165, 1.54) is 0 Å². The summed E-state index contributed by atoms with van der Waals surface area (Å²) in [5.41, 5.74) is -2.89. The fourth-order valence-electron chi connectivity index (χ4n) is 0.273. The van der Waals surface area contributed by atoms with Crippen molar-refractivity contribution in [3.05, 3.63) is 0 Å². The Morgan fingerprint density at radius 2 is 1.62 bits per heavy atom. The van der Waals surface area contributed by atoms with Crippen LogP contribution < -0.4 is 68.9 Å². The van der Waals surface area contributed by atoms with Gasteiger partial charge in [0, 0.05) is 7.11 Å². The molecule has 0 aliphatic heterocycles. The maximum Gasteiger partial charge on any atom is 1.00 e. The molecule has 2 N–H and O–H groups in total. The number of aliphatic hydroxyl groups is 1. The summed E-state index contributed by atoms with van der Waals surface area (Å²) in [5, 5.41) is 8.39. The van der Waals surface area contributed by atoms with Crippen molar-refractivity contribution >= 4 is 15.2 Å². The van der Waals surface area contributed by atoms with Gasteiger partial charge in [0.05, 0.1) is 0 Å². The molecule has 7 nitrogen and oxygen atoms in total. The molecule has 0 amide bonds. The van der Waals surface area contributed by atoms with Crippen LogP contribution in [0.25, 0.3) is 0 Å². The molecule has 0 fully saturated rings. The number of rotatable bonds is 3. The average molecular weight is 250 g/mol. The normalized spacial score (nSPS) is 21.3. The zero-order valence-corrected chi connectivity index (χ0v) is 13.2. The van der Waals surface area contributed by atoms with Crippen molar-refractivity contribution in [1.82, 2.24) is 0 Å². The molecule has 0 bridgehead atoms. The monoisotopic (exact) mass is 250 g/mol. The van der Waals surface area contributed by atoms with Crippen LogP contribution in [-0.2, 0) is 13.7 Å². The van der Waals surface area contributed by atoms with Crippen molar-refractivity contribution in [1.29, 1.82) is 0 Å². The van der Waals surface area contributed by atoms with Gasteiger partial charge in [-0.3, -0.25) is 0 Å². The minimum atomic E-state index is -5.29. The van der Waals surface area contributed by atoms with Gasteiger partial charge in [-0.05, 0) is 0 Å². The summed E-state index contributed by atoms with van der Waals surface area (Å²) >= 11 is 0. The standard InChI is InChI=1S/C2H8O7P2.2Na/c1-9-11(7,8)2(3)10(4,5)6;;/h2-3H,1H3,(H,7,8)(H2,4,5,6);;/q;2*+1/p-2. The predicted molar refractivity (Wildman–Crippen MR) is 30.4 cm³/mol. The third kappa shape index (κ3) is 7.19. The van der Waals surface area contributed by atoms with Crippen molar-refractivity contribution in [3.8, 4) is 0 Å². The third-order valence-electron chi connectivity index (χ3n) is 0.829. The summed E-state index contributed by atoms with van der Waals surface area (Å²) in [6, 6.07) is 0. The van der Waals surface area contributed by atoms with Crippen LogP contribution in [-0.4, -0.2) is 22.7 Å². The summed E-state index contributed by atoms with van der Waals surface area (Å²) in [5.74, 6) is 0. The van der Waals surface area contributed by atoms with Crippen LogP contribution in [0.2, 0.25) is 0 Å². The number of aliphatic hydroxyl groups excluding tert-OH is 1. The number of hydrogen-bond acceptors (Lipinski definition) is 6. The van der Waals surface area contributed by atoms with E-state index in [4.69, 9.17) is 10.00 Å². The van der Waals surface area contributed by atoms with Crippen molar-refractivity contribution in [2.24, 2.45) is 0 Å². The van der Waals surface area contributed by atoms with Crippen LogP contribution in [0.4, 0.5) is 0 Å². The Bertz CT molecular complexity index is 225. The molecule has 0 saturated carbocycles. The zero-order chi connectivity index (χ0) is 9.28. The Kier molecular flexibility index (Phi) is 11.9. The van der Waals surface area contributed by atoms with E-state index in [0.717, 1.165) is 0 Å². The Labute approximate surface area is 119 Å². The fourth-order valence-corrected chi connectivity index (χ4v) is 2.17. The van der Waals surface area contributed by atoms with Gasteiger partial charge in [0.1, 0.15) is 0 Å². The number of hydrogen-bond donors (Lipinski definition) is 2. The van der Waals surface area contributed by atoms with Gasteiger partial charge in [0.25, 0.3) is 0 Å². The second-order valence-electron chi connectivity index (χ2n) is 1.63. The van der Waals surface area contributed by atoms with Gasteiger partial charge < -0.3 is 33.4 Å². The molecule has 68 valence electrons. The molecular formula is C2H6Na2O7P2. The van der Waals surface area contributed by atoms with Crippen LogP contribution in [0.15, 0.2) is 0 Å². The molecule has 0 rings (SSSR count). The third-order valence-corrected chi connectivity index (χ3v) is 4.21. The average Bonchev–Trinajstić information content (AvgIpc) is 1.84. The molecule has 0 aromatic heterocycles. The summed E-state index contributed by atoms with van der Waals surface area (Å²) in [6.07, 6.45) is 0. The molecule has 0 spiro atoms. The molecular weight excluding hydrogens is 244 g/mol. The Balaban J connectivity index is -0.000000500. The summed E-state index contributed by atoms with van der Waals surface area (Å²) in [4.78, 5) is 28.4. The maximum atomic E-state index is 10.4. The second-order valence-corrected chi connectivity index (χ2v) is 5.59. The molecule has 0 aliphatic rings. The minimum absolute atomic E-state index is 0. The SMILES string of the molecule is COP(=O)([O-])C(O)P(=O)([O-])O.[Na+].[Na+]. The van der Waals surface area contributed by atoms with Crippen molar-refractivity contribution < 1.29 is 92.6 Å². The molecule has 0 aliphatic carbocycles. The van der Waals surface area contributed by atoms with E-state index in [1.54, 1.807) is 0 Å². The maximum absolute atomic E-state index is 10.4. The minimum Gasteiger partial charge on any atom is -0.776 e. The molecule has 13 heavy (non-hydrogen) atoms. The van der Waals surface area contributed by atoms with E-state index >= 15 is 0 Å². The fraction of sp³-hybridized carbons (Fsp3) is 1.00. The molecule has 3 unspecified atom stereocenters. The van der Waals surface area contributed by atoms with E-state index < -0.39 is 20.8 Å². The van der Waals surface area contributed by atoms with Crippen LogP contribution in [0.5, 0.6) is 0 Å². The van der Waals surface area contributed by atoms with Gasteiger partial charge in [0.15, 0.2) is 20.8 Å². The molecule has 0 radical (unpaired) electrons. The van der Waals surface area contributed by atoms with E-state index in [1.807, 2.05) is 0 Å². The van der Waals surface area contributed by atoms with E-state index in [-0.39, 0.29) is 59.1 Å². The van der Waals surface area contributed by atoms with Gasteiger partial charge in [0.2, 0.25) is 0 Å². The van der Waals surface area contributed by atoms with Crippen LogP contribution >= 0.6 is 15.2 Å². The smallest absolute Gasteiger partial charge is 0.776 e. The van der Waals surface area contributed by atoms with Gasteiger partial charge in [-0.25, -0.2) is 0 Å². The quantitative estimate of drug-likeness (QED) is 0.375. The predicted octanol–water partition coefficient (Wildman–Crippen LogP) is -7.98. The first kappa shape index (κ1) is 20.6. The van der Waals surface area contributed by atoms with Crippen LogP contribution in [0, 0.1) is 0 Å². The van der Waals surface area contributed by atoms with E-state index in [9.17, 15) is 18.9 Å². The Morgan fingerprint density at radius 1 is 1.31 bits per heavy atom. The van der Waals surface area contributed by atoms with Gasteiger partial charge in [-0.1, -0.05) is 0 Å². The van der Waals surface area contributed by atoms with Crippen molar-refractivity contribution in [3.63, 3.8) is 0 Å². The van der Waals surface area contributed by atoms with Gasteiger partial charge in [-0.2, -0.15) is 0 Å². The topological polar surface area (TPSA) is 130 Å². The van der Waals surface area contributed by atoms with Gasteiger partial charge in [-0.15, -0.1) is 0 Å². The molecule has 0 saturated heterocycles. The molecule has 0 heterocycles. The first-order valence-corrected chi connectivity index (χ1v) is 5.55. The summed E-state index contributed by atoms with van der Waals surface area (Å²) in [7, 11) is -9.52. The Hall–Kier alpha value is 2.26. The van der Waals surface area contributed by atoms with Crippen molar-refractivity contribution in [2.45, 2.75) is 5.59 Å². The molecule has 0 aromatic rings. The van der Waals surface area contributed by atoms with E-state index in [0.29, 0.717) is 7.11 Å².